The van der Waals surface area contributed by atoms with Crippen molar-refractivity contribution in [2.45, 2.75) is 13.3 Å². The van der Waals surface area contributed by atoms with Crippen molar-refractivity contribution in [1.82, 2.24) is 0 Å². The minimum atomic E-state index is 0.624. The Morgan fingerprint density at radius 2 is 2.00 bits per heavy atom. The maximum atomic E-state index is 2.29. The highest BCUT2D eigenvalue weighted by Crippen LogP contribution is 2.49. The predicted molar refractivity (Wildman–Crippen MR) is 70.3 cm³/mol. The molecule has 72 valence electrons. The topological polar surface area (TPSA) is 0 Å². The van der Waals surface area contributed by atoms with E-state index in [9.17, 15) is 0 Å². The normalized spacial score (nSPS) is 20.6. The van der Waals surface area contributed by atoms with Crippen LogP contribution < -0.4 is 0 Å². The fourth-order valence-corrected chi connectivity index (χ4v) is 2.38. The van der Waals surface area contributed by atoms with Gasteiger partial charge >= 0.3 is 0 Å². The first-order valence-corrected chi connectivity index (χ1v) is 6.18. The molecule has 0 saturated carbocycles. The second-order valence-electron chi connectivity index (χ2n) is 3.45. The first kappa shape index (κ1) is 9.97. The second kappa shape index (κ2) is 4.30. The van der Waals surface area contributed by atoms with Crippen molar-refractivity contribution in [2.75, 3.05) is 0 Å². The Morgan fingerprint density at radius 1 is 1.29 bits per heavy atom. The minimum Gasteiger partial charge on any atom is -0.0668 e. The van der Waals surface area contributed by atoms with Gasteiger partial charge in [-0.15, -0.1) is 0 Å². The summed E-state index contributed by atoms with van der Waals surface area (Å²) in [4.78, 5) is 0. The average Bonchev–Trinajstić information content (AvgIpc) is 2.93. The first-order valence-electron chi connectivity index (χ1n) is 4.93. The van der Waals surface area contributed by atoms with E-state index in [-0.39, 0.29) is 0 Å². The van der Waals surface area contributed by atoms with Gasteiger partial charge in [0.1, 0.15) is 0 Å². The summed E-state index contributed by atoms with van der Waals surface area (Å²) in [5.41, 5.74) is 4.54. The lowest BCUT2D eigenvalue weighted by Gasteiger charge is -1.93. The number of allylic oxidation sites excluding steroid dienone is 3. The van der Waals surface area contributed by atoms with Gasteiger partial charge in [0.25, 0.3) is 0 Å². The maximum Gasteiger partial charge on any atom is 0.0247 e. The molecule has 0 amide bonds. The van der Waals surface area contributed by atoms with Crippen molar-refractivity contribution < 1.29 is 0 Å². The molecule has 2 rings (SSSR count). The van der Waals surface area contributed by atoms with Gasteiger partial charge in [0, 0.05) is 5.92 Å². The lowest BCUT2D eigenvalue weighted by atomic mass is 10.1. The lowest BCUT2D eigenvalue weighted by molar-refractivity contribution is 1.05. The zero-order chi connectivity index (χ0) is 9.97. The first-order chi connectivity index (χ1) is 6.88. The van der Waals surface area contributed by atoms with Crippen molar-refractivity contribution in [3.63, 3.8) is 0 Å². The van der Waals surface area contributed by atoms with E-state index in [1.807, 2.05) is 0 Å². The van der Waals surface area contributed by atoms with E-state index < -0.39 is 0 Å². The van der Waals surface area contributed by atoms with Crippen LogP contribution in [-0.4, -0.2) is 0 Å². The third kappa shape index (κ3) is 1.78. The summed E-state index contributed by atoms with van der Waals surface area (Å²) in [5.74, 6) is 0.624. The average molecular weight is 296 g/mol. The molecule has 0 saturated heterocycles. The molecular weight excluding hydrogens is 283 g/mol. The van der Waals surface area contributed by atoms with Gasteiger partial charge in [-0.3, -0.25) is 0 Å². The van der Waals surface area contributed by atoms with Crippen LogP contribution in [-0.2, 0) is 0 Å². The van der Waals surface area contributed by atoms with Crippen LogP contribution in [0.4, 0.5) is 0 Å². The summed E-state index contributed by atoms with van der Waals surface area (Å²) in [6.45, 7) is 2.24. The number of halogens is 1. The fourth-order valence-electron chi connectivity index (χ4n) is 1.96. The second-order valence-corrected chi connectivity index (χ2v) is 4.17. The number of benzene rings is 1. The molecule has 1 atom stereocenters. The molecular formula is C13H13I. The van der Waals surface area contributed by atoms with Gasteiger partial charge in [0.05, 0.1) is 0 Å². The van der Waals surface area contributed by atoms with E-state index in [1.165, 1.54) is 12.0 Å². The summed E-state index contributed by atoms with van der Waals surface area (Å²) in [6, 6.07) is 10.7. The van der Waals surface area contributed by atoms with Crippen molar-refractivity contribution >= 4 is 28.2 Å². The zero-order valence-electron chi connectivity index (χ0n) is 8.20. The van der Waals surface area contributed by atoms with Crippen LogP contribution in [0.25, 0.3) is 5.57 Å². The van der Waals surface area contributed by atoms with Crippen molar-refractivity contribution in [3.05, 3.63) is 51.6 Å². The van der Waals surface area contributed by atoms with Crippen molar-refractivity contribution in [2.24, 2.45) is 5.92 Å². The van der Waals surface area contributed by atoms with Crippen LogP contribution in [0.5, 0.6) is 0 Å². The molecule has 0 spiro atoms. The molecule has 14 heavy (non-hydrogen) atoms. The molecule has 1 unspecified atom stereocenters. The largest absolute Gasteiger partial charge is 0.0668 e. The van der Waals surface area contributed by atoms with Crippen LogP contribution >= 0.6 is 22.6 Å². The molecule has 0 fully saturated rings. The highest BCUT2D eigenvalue weighted by Gasteiger charge is 2.32. The van der Waals surface area contributed by atoms with Gasteiger partial charge in [-0.1, -0.05) is 71.5 Å². The Bertz CT molecular complexity index is 373. The summed E-state index contributed by atoms with van der Waals surface area (Å²) >= 11 is 2.29. The summed E-state index contributed by atoms with van der Waals surface area (Å²) < 4.78 is 2.12. The van der Waals surface area contributed by atoms with Crippen LogP contribution in [0.1, 0.15) is 18.9 Å². The van der Waals surface area contributed by atoms with E-state index in [1.54, 1.807) is 11.1 Å². The van der Waals surface area contributed by atoms with Gasteiger partial charge in [-0.2, -0.15) is 0 Å². The van der Waals surface area contributed by atoms with E-state index in [2.05, 4.69) is 70.0 Å². The fraction of sp³-hybridized carbons (Fsp3) is 0.231. The Labute approximate surface area is 98.9 Å². The Hall–Kier alpha value is -0.570. The molecule has 0 aromatic heterocycles. The molecule has 1 aromatic rings. The third-order valence-electron chi connectivity index (χ3n) is 2.68. The molecule has 1 aliphatic rings. The van der Waals surface area contributed by atoms with Gasteiger partial charge in [-0.05, 0) is 21.6 Å². The van der Waals surface area contributed by atoms with E-state index in [0.717, 1.165) is 0 Å². The van der Waals surface area contributed by atoms with Crippen LogP contribution in [0.15, 0.2) is 46.1 Å². The quantitative estimate of drug-likeness (QED) is 0.724. The molecule has 1 aliphatic carbocycles. The van der Waals surface area contributed by atoms with Crippen LogP contribution in [0.2, 0.25) is 0 Å². The highest BCUT2D eigenvalue weighted by molar-refractivity contribution is 14.1. The minimum absolute atomic E-state index is 0.624. The predicted octanol–water partition coefficient (Wildman–Crippen LogP) is 4.43. The zero-order valence-corrected chi connectivity index (χ0v) is 10.4. The molecule has 0 aliphatic heterocycles. The van der Waals surface area contributed by atoms with Crippen molar-refractivity contribution in [1.29, 1.82) is 0 Å². The summed E-state index contributed by atoms with van der Waals surface area (Å²) in [5, 5.41) is 0. The third-order valence-corrected chi connectivity index (χ3v) is 3.10. The molecule has 1 aromatic carbocycles. The standard InChI is InChI=1S/C13H13I/c1-2-11-12(8-9-14)13(11)10-6-4-3-5-7-10/h3-9,12H,2H2,1H3/b9-8-. The molecule has 0 heterocycles. The van der Waals surface area contributed by atoms with Crippen molar-refractivity contribution in [3.8, 4) is 0 Å². The maximum absolute atomic E-state index is 2.29. The molecule has 0 N–H and O–H groups in total. The number of hydrogen-bond donors (Lipinski definition) is 0. The highest BCUT2D eigenvalue weighted by atomic mass is 127. The van der Waals surface area contributed by atoms with Gasteiger partial charge in [0.15, 0.2) is 0 Å². The van der Waals surface area contributed by atoms with Crippen LogP contribution in [0, 0.1) is 5.92 Å². The van der Waals surface area contributed by atoms with E-state index in [4.69, 9.17) is 0 Å². The van der Waals surface area contributed by atoms with Crippen LogP contribution in [0.3, 0.4) is 0 Å². The van der Waals surface area contributed by atoms with Gasteiger partial charge in [-0.25, -0.2) is 0 Å². The van der Waals surface area contributed by atoms with E-state index >= 15 is 0 Å². The smallest absolute Gasteiger partial charge is 0.0247 e. The Kier molecular flexibility index (Phi) is 3.06. The summed E-state index contributed by atoms with van der Waals surface area (Å²) in [6.07, 6.45) is 3.46. The molecule has 0 bridgehead atoms. The molecule has 0 nitrogen and oxygen atoms in total. The monoisotopic (exact) mass is 296 g/mol. The number of rotatable bonds is 3. The Morgan fingerprint density at radius 3 is 2.57 bits per heavy atom. The van der Waals surface area contributed by atoms with Gasteiger partial charge < -0.3 is 0 Å². The summed E-state index contributed by atoms with van der Waals surface area (Å²) in [7, 11) is 0. The molecule has 0 radical (unpaired) electrons. The Balaban J connectivity index is 2.24. The number of hydrogen-bond acceptors (Lipinski definition) is 0. The van der Waals surface area contributed by atoms with E-state index in [0.29, 0.717) is 5.92 Å². The molecule has 1 heteroatoms. The lowest BCUT2D eigenvalue weighted by Crippen LogP contribution is -1.77. The SMILES string of the molecule is CCC1=C(c2ccccc2)C1/C=C\I. The van der Waals surface area contributed by atoms with Gasteiger partial charge in [0.2, 0.25) is 0 Å².